The Morgan fingerprint density at radius 3 is 2.43 bits per heavy atom. The van der Waals surface area contributed by atoms with Gasteiger partial charge in [0.15, 0.2) is 0 Å². The molecule has 0 aliphatic carbocycles. The second-order valence-electron chi connectivity index (χ2n) is 5.51. The first kappa shape index (κ1) is 15.7. The summed E-state index contributed by atoms with van der Waals surface area (Å²) in [6.07, 6.45) is 3.43. The van der Waals surface area contributed by atoms with Gasteiger partial charge in [-0.1, -0.05) is 31.5 Å². The summed E-state index contributed by atoms with van der Waals surface area (Å²) < 4.78 is 5.54. The number of aromatic nitrogens is 1. The summed E-state index contributed by atoms with van der Waals surface area (Å²) in [7, 11) is 0. The highest BCUT2D eigenvalue weighted by molar-refractivity contribution is 5.53. The molecule has 1 heterocycles. The van der Waals surface area contributed by atoms with Crippen LogP contribution in [0.1, 0.15) is 37.9 Å². The van der Waals surface area contributed by atoms with Crippen molar-refractivity contribution in [2.75, 3.05) is 6.61 Å². The van der Waals surface area contributed by atoms with E-state index < -0.39 is 0 Å². The van der Waals surface area contributed by atoms with Crippen molar-refractivity contribution < 1.29 is 9.52 Å². The highest BCUT2D eigenvalue weighted by atomic mass is 16.3. The number of nitrogens with one attached hydrogen (secondary N) is 1. The zero-order chi connectivity index (χ0) is 15.3. The van der Waals surface area contributed by atoms with E-state index in [9.17, 15) is 5.11 Å². The number of oxazole rings is 1. The Bertz CT molecular complexity index is 548. The van der Waals surface area contributed by atoms with Crippen LogP contribution in [0.25, 0.3) is 11.5 Å². The summed E-state index contributed by atoms with van der Waals surface area (Å²) >= 11 is 0. The fourth-order valence-electron chi connectivity index (χ4n) is 2.27. The van der Waals surface area contributed by atoms with E-state index in [1.54, 1.807) is 6.26 Å². The van der Waals surface area contributed by atoms with E-state index in [2.05, 4.69) is 31.1 Å². The van der Waals surface area contributed by atoms with Crippen LogP contribution in [0.15, 0.2) is 34.9 Å². The van der Waals surface area contributed by atoms with E-state index in [4.69, 9.17) is 4.42 Å². The van der Waals surface area contributed by atoms with Crippen molar-refractivity contribution in [2.24, 2.45) is 0 Å². The molecule has 2 N–H and O–H groups in total. The first-order valence-corrected chi connectivity index (χ1v) is 7.50. The summed E-state index contributed by atoms with van der Waals surface area (Å²) in [5, 5.41) is 13.0. The predicted molar refractivity (Wildman–Crippen MR) is 83.9 cm³/mol. The van der Waals surface area contributed by atoms with Crippen molar-refractivity contribution in [3.63, 3.8) is 0 Å². The Labute approximate surface area is 126 Å². The third kappa shape index (κ3) is 3.71. The lowest BCUT2D eigenvalue weighted by molar-refractivity contribution is 0.149. The molecule has 0 fully saturated rings. The molecule has 0 spiro atoms. The molecule has 2 rings (SSSR count). The molecular weight excluding hydrogens is 264 g/mol. The van der Waals surface area contributed by atoms with Crippen LogP contribution in [0.2, 0.25) is 0 Å². The first-order valence-electron chi connectivity index (χ1n) is 7.50. The van der Waals surface area contributed by atoms with Crippen molar-refractivity contribution in [1.82, 2.24) is 10.3 Å². The summed E-state index contributed by atoms with van der Waals surface area (Å²) in [5.41, 5.74) is 2.81. The van der Waals surface area contributed by atoms with Crippen LogP contribution < -0.4 is 5.32 Å². The molecule has 0 saturated carbocycles. The molecule has 4 nitrogen and oxygen atoms in total. The van der Waals surface area contributed by atoms with Crippen molar-refractivity contribution >= 4 is 0 Å². The van der Waals surface area contributed by atoms with Crippen molar-refractivity contribution in [3.05, 3.63) is 41.8 Å². The molecule has 114 valence electrons. The van der Waals surface area contributed by atoms with Gasteiger partial charge >= 0.3 is 0 Å². The van der Waals surface area contributed by atoms with Crippen LogP contribution >= 0.6 is 0 Å². The van der Waals surface area contributed by atoms with E-state index in [0.29, 0.717) is 12.4 Å². The molecule has 0 aliphatic rings. The smallest absolute Gasteiger partial charge is 0.226 e. The summed E-state index contributed by atoms with van der Waals surface area (Å²) in [4.78, 5) is 4.51. The van der Waals surface area contributed by atoms with Crippen LogP contribution in [0, 0.1) is 6.92 Å². The molecule has 0 amide bonds. The van der Waals surface area contributed by atoms with Crippen LogP contribution in [-0.2, 0) is 6.54 Å². The minimum absolute atomic E-state index is 0.128. The Morgan fingerprint density at radius 1 is 1.19 bits per heavy atom. The number of rotatable bonds is 7. The van der Waals surface area contributed by atoms with Gasteiger partial charge in [-0.25, -0.2) is 4.98 Å². The molecule has 1 aromatic heterocycles. The number of aliphatic hydroxyl groups excluding tert-OH is 1. The standard InChI is InChI=1S/C17H24N2O2/c1-4-17(5-2,12-20)18-10-15-11-21-16(19-15)14-8-6-13(3)7-9-14/h6-9,11,18,20H,4-5,10,12H2,1-3H3. The van der Waals surface area contributed by atoms with Gasteiger partial charge in [0.1, 0.15) is 6.26 Å². The molecule has 0 radical (unpaired) electrons. The predicted octanol–water partition coefficient (Wildman–Crippen LogP) is 3.29. The lowest BCUT2D eigenvalue weighted by Crippen LogP contribution is -2.47. The van der Waals surface area contributed by atoms with Gasteiger partial charge in [-0.2, -0.15) is 0 Å². The highest BCUT2D eigenvalue weighted by Gasteiger charge is 2.24. The largest absolute Gasteiger partial charge is 0.444 e. The van der Waals surface area contributed by atoms with E-state index in [1.807, 2.05) is 24.3 Å². The molecule has 1 aromatic carbocycles. The van der Waals surface area contributed by atoms with Gasteiger partial charge in [0.25, 0.3) is 0 Å². The fraction of sp³-hybridized carbons (Fsp3) is 0.471. The molecule has 21 heavy (non-hydrogen) atoms. The number of aliphatic hydroxyl groups is 1. The Kier molecular flexibility index (Phi) is 5.15. The average molecular weight is 288 g/mol. The Balaban J connectivity index is 2.05. The zero-order valence-corrected chi connectivity index (χ0v) is 13.0. The minimum atomic E-state index is -0.233. The topological polar surface area (TPSA) is 58.3 Å². The van der Waals surface area contributed by atoms with Crippen LogP contribution in [0.4, 0.5) is 0 Å². The highest BCUT2D eigenvalue weighted by Crippen LogP contribution is 2.20. The molecule has 0 atom stereocenters. The monoisotopic (exact) mass is 288 g/mol. The van der Waals surface area contributed by atoms with Crippen LogP contribution in [0.3, 0.4) is 0 Å². The molecular formula is C17H24N2O2. The van der Waals surface area contributed by atoms with Gasteiger partial charge in [-0.05, 0) is 31.9 Å². The molecule has 0 bridgehead atoms. The van der Waals surface area contributed by atoms with E-state index in [-0.39, 0.29) is 12.1 Å². The van der Waals surface area contributed by atoms with E-state index in [0.717, 1.165) is 24.1 Å². The average Bonchev–Trinajstić information content (AvgIpc) is 2.99. The van der Waals surface area contributed by atoms with Gasteiger partial charge in [0, 0.05) is 17.6 Å². The molecule has 0 saturated heterocycles. The number of aryl methyl sites for hydroxylation is 1. The maximum atomic E-state index is 9.56. The van der Waals surface area contributed by atoms with Crippen LogP contribution in [-0.4, -0.2) is 22.2 Å². The second-order valence-corrected chi connectivity index (χ2v) is 5.51. The van der Waals surface area contributed by atoms with Crippen LogP contribution in [0.5, 0.6) is 0 Å². The molecule has 0 unspecified atom stereocenters. The lowest BCUT2D eigenvalue weighted by atomic mass is 9.94. The van der Waals surface area contributed by atoms with Crippen molar-refractivity contribution in [3.8, 4) is 11.5 Å². The maximum Gasteiger partial charge on any atom is 0.226 e. The SMILES string of the molecule is CCC(CC)(CO)NCc1coc(-c2ccc(C)cc2)n1. The van der Waals surface area contributed by atoms with Gasteiger partial charge in [0.05, 0.1) is 12.3 Å². The van der Waals surface area contributed by atoms with Gasteiger partial charge in [0.2, 0.25) is 5.89 Å². The fourth-order valence-corrected chi connectivity index (χ4v) is 2.27. The normalized spacial score (nSPS) is 11.8. The summed E-state index contributed by atoms with van der Waals surface area (Å²) in [6, 6.07) is 8.10. The molecule has 2 aromatic rings. The molecule has 4 heteroatoms. The zero-order valence-electron chi connectivity index (χ0n) is 13.0. The lowest BCUT2D eigenvalue weighted by Gasteiger charge is -2.30. The Morgan fingerprint density at radius 2 is 1.86 bits per heavy atom. The number of benzene rings is 1. The minimum Gasteiger partial charge on any atom is -0.444 e. The van der Waals surface area contributed by atoms with E-state index in [1.165, 1.54) is 5.56 Å². The van der Waals surface area contributed by atoms with Gasteiger partial charge in [-0.15, -0.1) is 0 Å². The van der Waals surface area contributed by atoms with E-state index >= 15 is 0 Å². The quantitative estimate of drug-likeness (QED) is 0.821. The van der Waals surface area contributed by atoms with Gasteiger partial charge in [-0.3, -0.25) is 0 Å². The third-order valence-electron chi connectivity index (χ3n) is 4.15. The number of hydrogen-bond acceptors (Lipinski definition) is 4. The van der Waals surface area contributed by atoms with Crippen molar-refractivity contribution in [1.29, 1.82) is 0 Å². The second kappa shape index (κ2) is 6.87. The number of nitrogens with zero attached hydrogens (tertiary/aromatic N) is 1. The number of hydrogen-bond donors (Lipinski definition) is 2. The van der Waals surface area contributed by atoms with Gasteiger partial charge < -0.3 is 14.8 Å². The van der Waals surface area contributed by atoms with Crippen molar-refractivity contribution in [2.45, 2.75) is 45.7 Å². The third-order valence-corrected chi connectivity index (χ3v) is 4.15. The summed E-state index contributed by atoms with van der Waals surface area (Å²) in [5.74, 6) is 0.634. The first-order chi connectivity index (χ1) is 10.1. The maximum absolute atomic E-state index is 9.56. The molecule has 0 aliphatic heterocycles. The Hall–Kier alpha value is -1.65. The summed E-state index contributed by atoms with van der Waals surface area (Å²) in [6.45, 7) is 6.93.